The predicted octanol–water partition coefficient (Wildman–Crippen LogP) is 3.64. The van der Waals surface area contributed by atoms with Crippen LogP contribution in [-0.4, -0.2) is 21.8 Å². The molecule has 23 heavy (non-hydrogen) atoms. The molecule has 1 heterocycles. The minimum Gasteiger partial charge on any atom is -0.444 e. The number of rotatable bonds is 5. The first-order valence-electron chi connectivity index (χ1n) is 7.73. The lowest BCUT2D eigenvalue weighted by Crippen LogP contribution is -2.34. The minimum atomic E-state index is -0.546. The van der Waals surface area contributed by atoms with Crippen LogP contribution in [0.3, 0.4) is 0 Å². The Morgan fingerprint density at radius 2 is 2.00 bits per heavy atom. The average molecular weight is 317 g/mol. The van der Waals surface area contributed by atoms with Crippen LogP contribution in [0.4, 0.5) is 4.79 Å². The van der Waals surface area contributed by atoms with E-state index in [-0.39, 0.29) is 6.04 Å². The Labute approximate surface area is 136 Å². The van der Waals surface area contributed by atoms with Gasteiger partial charge in [-0.1, -0.05) is 42.4 Å². The third-order valence-electron chi connectivity index (χ3n) is 3.09. The van der Waals surface area contributed by atoms with Gasteiger partial charge in [-0.15, -0.1) is 0 Å². The number of hydrogen-bond donors (Lipinski definition) is 1. The molecule has 0 spiro atoms. The van der Waals surface area contributed by atoms with Gasteiger partial charge in [0.1, 0.15) is 11.6 Å². The van der Waals surface area contributed by atoms with Crippen molar-refractivity contribution < 1.29 is 14.1 Å². The van der Waals surface area contributed by atoms with Crippen LogP contribution >= 0.6 is 0 Å². The summed E-state index contributed by atoms with van der Waals surface area (Å²) in [6.45, 7) is 7.39. The summed E-state index contributed by atoms with van der Waals surface area (Å²) < 4.78 is 10.5. The Kier molecular flexibility index (Phi) is 5.36. The zero-order valence-electron chi connectivity index (χ0n) is 14.0. The first kappa shape index (κ1) is 17.0. The largest absolute Gasteiger partial charge is 0.444 e. The first-order chi connectivity index (χ1) is 10.9. The highest BCUT2D eigenvalue weighted by Gasteiger charge is 2.23. The van der Waals surface area contributed by atoms with E-state index < -0.39 is 11.7 Å². The molecule has 0 aliphatic rings. The van der Waals surface area contributed by atoms with Gasteiger partial charge in [-0.05, 0) is 32.8 Å². The van der Waals surface area contributed by atoms with Crippen LogP contribution in [-0.2, 0) is 11.2 Å². The molecule has 0 bridgehead atoms. The Balaban J connectivity index is 2.00. The summed E-state index contributed by atoms with van der Waals surface area (Å²) in [6, 6.07) is 9.55. The molecule has 2 aromatic rings. The molecule has 6 nitrogen and oxygen atoms in total. The second-order valence-electron chi connectivity index (χ2n) is 6.32. The van der Waals surface area contributed by atoms with Crippen molar-refractivity contribution in [1.82, 2.24) is 15.5 Å². The Morgan fingerprint density at radius 3 is 2.61 bits per heavy atom. The Morgan fingerprint density at radius 1 is 1.30 bits per heavy atom. The summed E-state index contributed by atoms with van der Waals surface area (Å²) in [6.07, 6.45) is 0.728. The van der Waals surface area contributed by atoms with Gasteiger partial charge in [0.05, 0.1) is 0 Å². The maximum Gasteiger partial charge on any atom is 0.408 e. The molecule has 0 aliphatic heterocycles. The molecule has 6 heteroatoms. The standard InChI is InChI=1S/C17H23N3O3/c1-5-13(18-16(21)22-17(2,3)4)15-19-14(20-23-15)11-12-9-7-6-8-10-12/h6-10,13H,5,11H2,1-4H3,(H,18,21)/t13-/m0/s1. The van der Waals surface area contributed by atoms with Gasteiger partial charge < -0.3 is 14.6 Å². The van der Waals surface area contributed by atoms with E-state index in [2.05, 4.69) is 15.5 Å². The quantitative estimate of drug-likeness (QED) is 0.911. The van der Waals surface area contributed by atoms with Crippen LogP contribution < -0.4 is 5.32 Å². The SMILES string of the molecule is CC[C@H](NC(=O)OC(C)(C)C)c1nc(Cc2ccccc2)no1. The second-order valence-corrected chi connectivity index (χ2v) is 6.32. The van der Waals surface area contributed by atoms with E-state index in [9.17, 15) is 4.79 Å². The molecule has 1 amide bonds. The number of benzene rings is 1. The van der Waals surface area contributed by atoms with Crippen LogP contribution in [0.1, 0.15) is 57.4 Å². The van der Waals surface area contributed by atoms with Crippen LogP contribution in [0.25, 0.3) is 0 Å². The van der Waals surface area contributed by atoms with Gasteiger partial charge in [-0.3, -0.25) is 0 Å². The molecule has 0 radical (unpaired) electrons. The third-order valence-corrected chi connectivity index (χ3v) is 3.09. The molecule has 124 valence electrons. The normalized spacial score (nSPS) is 12.7. The molecular weight excluding hydrogens is 294 g/mol. The summed E-state index contributed by atoms with van der Waals surface area (Å²) in [5, 5.41) is 6.74. The highest BCUT2D eigenvalue weighted by Crippen LogP contribution is 2.17. The fourth-order valence-electron chi connectivity index (χ4n) is 2.05. The van der Waals surface area contributed by atoms with Gasteiger partial charge in [0.2, 0.25) is 5.89 Å². The summed E-state index contributed by atoms with van der Waals surface area (Å²) >= 11 is 0. The summed E-state index contributed by atoms with van der Waals surface area (Å²) in [7, 11) is 0. The lowest BCUT2D eigenvalue weighted by molar-refractivity contribution is 0.0492. The number of nitrogens with one attached hydrogen (secondary N) is 1. The van der Waals surface area contributed by atoms with E-state index in [0.29, 0.717) is 24.6 Å². The van der Waals surface area contributed by atoms with Crippen molar-refractivity contribution in [2.24, 2.45) is 0 Å². The van der Waals surface area contributed by atoms with Gasteiger partial charge in [0.15, 0.2) is 5.82 Å². The molecule has 0 unspecified atom stereocenters. The third kappa shape index (κ3) is 5.39. The fraction of sp³-hybridized carbons (Fsp3) is 0.471. The van der Waals surface area contributed by atoms with Gasteiger partial charge >= 0.3 is 6.09 Å². The molecule has 2 rings (SSSR count). The van der Waals surface area contributed by atoms with Crippen molar-refractivity contribution in [3.05, 3.63) is 47.6 Å². The van der Waals surface area contributed by atoms with Crippen LogP contribution in [0.2, 0.25) is 0 Å². The van der Waals surface area contributed by atoms with E-state index in [1.165, 1.54) is 0 Å². The van der Waals surface area contributed by atoms with Gasteiger partial charge in [0.25, 0.3) is 0 Å². The topological polar surface area (TPSA) is 77.2 Å². The number of carbonyl (C=O) groups is 1. The molecule has 0 saturated carbocycles. The van der Waals surface area contributed by atoms with Gasteiger partial charge in [0, 0.05) is 6.42 Å². The van der Waals surface area contributed by atoms with E-state index in [0.717, 1.165) is 5.56 Å². The number of alkyl carbamates (subject to hydrolysis) is 1. The van der Waals surface area contributed by atoms with Crippen molar-refractivity contribution in [2.75, 3.05) is 0 Å². The minimum absolute atomic E-state index is 0.359. The zero-order chi connectivity index (χ0) is 16.9. The Hall–Kier alpha value is -2.37. The maximum atomic E-state index is 11.9. The lowest BCUT2D eigenvalue weighted by atomic mass is 10.1. The number of ether oxygens (including phenoxy) is 1. The number of amides is 1. The van der Waals surface area contributed by atoms with Crippen LogP contribution in [0.15, 0.2) is 34.9 Å². The van der Waals surface area contributed by atoms with Crippen molar-refractivity contribution in [3.8, 4) is 0 Å². The van der Waals surface area contributed by atoms with E-state index in [1.807, 2.05) is 58.0 Å². The smallest absolute Gasteiger partial charge is 0.408 e. The fourth-order valence-corrected chi connectivity index (χ4v) is 2.05. The van der Waals surface area contributed by atoms with Gasteiger partial charge in [-0.2, -0.15) is 4.98 Å². The van der Waals surface area contributed by atoms with E-state index >= 15 is 0 Å². The average Bonchev–Trinajstić information content (AvgIpc) is 2.92. The first-order valence-corrected chi connectivity index (χ1v) is 7.73. The van der Waals surface area contributed by atoms with Crippen molar-refractivity contribution in [3.63, 3.8) is 0 Å². The maximum absolute atomic E-state index is 11.9. The number of carbonyl (C=O) groups excluding carboxylic acids is 1. The van der Waals surface area contributed by atoms with E-state index in [1.54, 1.807) is 0 Å². The molecule has 1 atom stereocenters. The van der Waals surface area contributed by atoms with E-state index in [4.69, 9.17) is 9.26 Å². The Bertz CT molecular complexity index is 632. The lowest BCUT2D eigenvalue weighted by Gasteiger charge is -2.21. The van der Waals surface area contributed by atoms with Crippen molar-refractivity contribution >= 4 is 6.09 Å². The van der Waals surface area contributed by atoms with Crippen LogP contribution in [0, 0.1) is 0 Å². The molecule has 1 aromatic heterocycles. The predicted molar refractivity (Wildman–Crippen MR) is 85.9 cm³/mol. The molecule has 1 aromatic carbocycles. The molecule has 0 aliphatic carbocycles. The van der Waals surface area contributed by atoms with Gasteiger partial charge in [-0.25, -0.2) is 4.79 Å². The summed E-state index contributed by atoms with van der Waals surface area (Å²) in [4.78, 5) is 16.3. The monoisotopic (exact) mass is 317 g/mol. The summed E-state index contributed by atoms with van der Waals surface area (Å²) in [5.74, 6) is 0.986. The van der Waals surface area contributed by atoms with Crippen LogP contribution in [0.5, 0.6) is 0 Å². The number of aromatic nitrogens is 2. The zero-order valence-corrected chi connectivity index (χ0v) is 14.0. The summed E-state index contributed by atoms with van der Waals surface area (Å²) in [5.41, 5.74) is 0.559. The second kappa shape index (κ2) is 7.26. The highest BCUT2D eigenvalue weighted by atomic mass is 16.6. The van der Waals surface area contributed by atoms with Crippen molar-refractivity contribution in [1.29, 1.82) is 0 Å². The number of nitrogens with zero attached hydrogens (tertiary/aromatic N) is 2. The van der Waals surface area contributed by atoms with Crippen molar-refractivity contribution in [2.45, 2.75) is 52.2 Å². The molecule has 0 saturated heterocycles. The highest BCUT2D eigenvalue weighted by molar-refractivity contribution is 5.68. The molecule has 1 N–H and O–H groups in total. The molecular formula is C17H23N3O3. The molecule has 0 fully saturated rings. The number of hydrogen-bond acceptors (Lipinski definition) is 5.